The number of likely N-dealkylation sites (tertiary alicyclic amines) is 1. The highest BCUT2D eigenvalue weighted by molar-refractivity contribution is 5.80. The lowest BCUT2D eigenvalue weighted by Crippen LogP contribution is -2.37. The first-order valence-electron chi connectivity index (χ1n) is 8.32. The van der Waals surface area contributed by atoms with E-state index in [2.05, 4.69) is 10.1 Å². The number of ether oxygens (including phenoxy) is 1. The van der Waals surface area contributed by atoms with Crippen LogP contribution < -0.4 is 10.1 Å². The van der Waals surface area contributed by atoms with Gasteiger partial charge in [-0.05, 0) is 30.5 Å². The van der Waals surface area contributed by atoms with Crippen LogP contribution in [0.1, 0.15) is 18.4 Å². The van der Waals surface area contributed by atoms with Crippen LogP contribution in [0.15, 0.2) is 24.3 Å². The summed E-state index contributed by atoms with van der Waals surface area (Å²) in [7, 11) is 0. The summed E-state index contributed by atoms with van der Waals surface area (Å²) >= 11 is 0. The van der Waals surface area contributed by atoms with Crippen LogP contribution in [0.2, 0.25) is 0 Å². The number of carbonyl (C=O) groups excluding carboxylic acids is 1. The third-order valence-corrected chi connectivity index (χ3v) is 4.55. The molecule has 8 heteroatoms. The van der Waals surface area contributed by atoms with E-state index >= 15 is 0 Å². The summed E-state index contributed by atoms with van der Waals surface area (Å²) < 4.78 is 40.9. The Labute approximate surface area is 143 Å². The summed E-state index contributed by atoms with van der Waals surface area (Å²) in [5.74, 6) is -0.752. The average Bonchev–Trinajstić information content (AvgIpc) is 3.23. The van der Waals surface area contributed by atoms with Gasteiger partial charge in [0.15, 0.2) is 0 Å². The highest BCUT2D eigenvalue weighted by atomic mass is 19.4. The maximum absolute atomic E-state index is 12.3. The Hall–Kier alpha value is -1.80. The van der Waals surface area contributed by atoms with Gasteiger partial charge in [-0.1, -0.05) is 12.1 Å². The van der Waals surface area contributed by atoms with E-state index in [0.29, 0.717) is 25.2 Å². The molecule has 1 saturated carbocycles. The number of nitrogens with zero attached hydrogens (tertiary/aromatic N) is 1. The second-order valence-electron chi connectivity index (χ2n) is 6.72. The van der Waals surface area contributed by atoms with Gasteiger partial charge in [0.25, 0.3) is 0 Å². The average molecular weight is 358 g/mol. The van der Waals surface area contributed by atoms with Gasteiger partial charge in [0.05, 0.1) is 5.92 Å². The molecule has 0 aromatic heterocycles. The van der Waals surface area contributed by atoms with Crippen LogP contribution in [0.5, 0.6) is 5.75 Å². The highest BCUT2D eigenvalue weighted by Crippen LogP contribution is 2.28. The van der Waals surface area contributed by atoms with E-state index in [1.54, 1.807) is 6.07 Å². The summed E-state index contributed by atoms with van der Waals surface area (Å²) in [5, 5.41) is 12.5. The van der Waals surface area contributed by atoms with Gasteiger partial charge in [0.1, 0.15) is 5.75 Å². The Kier molecular flexibility index (Phi) is 5.19. The monoisotopic (exact) mass is 358 g/mol. The van der Waals surface area contributed by atoms with Crippen LogP contribution >= 0.6 is 0 Å². The first-order chi connectivity index (χ1) is 11.8. The molecule has 2 aliphatic rings. The standard InChI is InChI=1S/C17H21F3N2O3/c18-17(19,20)25-14-3-1-2-11(6-14)7-22-8-12(10-23)15(9-22)16(24)21-13-4-5-13/h1-3,6,12-13,15,23H,4-5,7-10H2,(H,21,24)/t12-,15+/m0/s1. The third-order valence-electron chi connectivity index (χ3n) is 4.55. The number of hydrogen-bond donors (Lipinski definition) is 2. The minimum atomic E-state index is -4.72. The number of hydrogen-bond acceptors (Lipinski definition) is 4. The molecule has 1 aromatic rings. The Morgan fingerprint density at radius 2 is 2.08 bits per heavy atom. The van der Waals surface area contributed by atoms with E-state index in [-0.39, 0.29) is 36.1 Å². The number of nitrogens with one attached hydrogen (secondary N) is 1. The van der Waals surface area contributed by atoms with Crippen molar-refractivity contribution >= 4 is 5.91 Å². The molecule has 1 aliphatic heterocycles. The Balaban J connectivity index is 1.61. The summed E-state index contributed by atoms with van der Waals surface area (Å²) in [4.78, 5) is 14.3. The lowest BCUT2D eigenvalue weighted by molar-refractivity contribution is -0.274. The SMILES string of the molecule is O=C(NC1CC1)[C@@H]1CN(Cc2cccc(OC(F)(F)F)c2)C[C@H]1CO. The summed E-state index contributed by atoms with van der Waals surface area (Å²) in [6.07, 6.45) is -2.73. The van der Waals surface area contributed by atoms with Crippen molar-refractivity contribution in [1.29, 1.82) is 0 Å². The van der Waals surface area contributed by atoms with E-state index in [1.165, 1.54) is 18.2 Å². The molecule has 2 N–H and O–H groups in total. The van der Waals surface area contributed by atoms with Crippen molar-refractivity contribution in [3.63, 3.8) is 0 Å². The van der Waals surface area contributed by atoms with E-state index in [1.807, 2.05) is 4.90 Å². The molecule has 0 unspecified atom stereocenters. The number of amides is 1. The second kappa shape index (κ2) is 7.21. The number of alkyl halides is 3. The van der Waals surface area contributed by atoms with Crippen LogP contribution in [-0.4, -0.2) is 48.0 Å². The van der Waals surface area contributed by atoms with Gasteiger partial charge in [0, 0.05) is 38.2 Å². The van der Waals surface area contributed by atoms with Crippen molar-refractivity contribution in [2.75, 3.05) is 19.7 Å². The molecule has 138 valence electrons. The molecule has 25 heavy (non-hydrogen) atoms. The minimum absolute atomic E-state index is 0.0433. The van der Waals surface area contributed by atoms with Crippen LogP contribution in [0.3, 0.4) is 0 Å². The lowest BCUT2D eigenvalue weighted by atomic mass is 9.96. The van der Waals surface area contributed by atoms with E-state index in [4.69, 9.17) is 0 Å². The van der Waals surface area contributed by atoms with Crippen molar-refractivity contribution in [1.82, 2.24) is 10.2 Å². The van der Waals surface area contributed by atoms with Gasteiger partial charge < -0.3 is 15.2 Å². The van der Waals surface area contributed by atoms with Crippen LogP contribution in [0, 0.1) is 11.8 Å². The molecule has 5 nitrogen and oxygen atoms in total. The largest absolute Gasteiger partial charge is 0.573 e. The zero-order valence-corrected chi connectivity index (χ0v) is 13.6. The van der Waals surface area contributed by atoms with Crippen LogP contribution in [0.4, 0.5) is 13.2 Å². The topological polar surface area (TPSA) is 61.8 Å². The molecular formula is C17H21F3N2O3. The number of benzene rings is 1. The molecule has 1 amide bonds. The molecule has 0 spiro atoms. The fourth-order valence-electron chi connectivity index (χ4n) is 3.21. The normalized spacial score (nSPS) is 24.3. The second-order valence-corrected chi connectivity index (χ2v) is 6.72. The molecule has 2 atom stereocenters. The van der Waals surface area contributed by atoms with Gasteiger partial charge in [0.2, 0.25) is 5.91 Å². The number of aliphatic hydroxyl groups excluding tert-OH is 1. The molecule has 3 rings (SSSR count). The van der Waals surface area contributed by atoms with Crippen molar-refractivity contribution in [2.24, 2.45) is 11.8 Å². The predicted molar refractivity (Wildman–Crippen MR) is 83.6 cm³/mol. The van der Waals surface area contributed by atoms with Crippen LogP contribution in [0.25, 0.3) is 0 Å². The maximum Gasteiger partial charge on any atom is 0.573 e. The Morgan fingerprint density at radius 1 is 1.32 bits per heavy atom. The number of halogens is 3. The molecule has 0 radical (unpaired) electrons. The molecular weight excluding hydrogens is 337 g/mol. The number of rotatable bonds is 6. The van der Waals surface area contributed by atoms with Crippen molar-refractivity contribution < 1.29 is 27.8 Å². The van der Waals surface area contributed by atoms with Crippen molar-refractivity contribution in [2.45, 2.75) is 31.8 Å². The van der Waals surface area contributed by atoms with Crippen molar-refractivity contribution in [3.8, 4) is 5.75 Å². The first kappa shape index (κ1) is 18.0. The molecule has 1 aromatic carbocycles. The third kappa shape index (κ3) is 5.09. The van der Waals surface area contributed by atoms with E-state index < -0.39 is 6.36 Å². The molecule has 1 heterocycles. The molecule has 1 saturated heterocycles. The summed E-state index contributed by atoms with van der Waals surface area (Å²) in [5.41, 5.74) is 0.668. The van der Waals surface area contributed by atoms with Gasteiger partial charge in [-0.25, -0.2) is 0 Å². The van der Waals surface area contributed by atoms with Crippen molar-refractivity contribution in [3.05, 3.63) is 29.8 Å². The fourth-order valence-corrected chi connectivity index (χ4v) is 3.21. The summed E-state index contributed by atoms with van der Waals surface area (Å²) in [6.45, 7) is 1.33. The minimum Gasteiger partial charge on any atom is -0.406 e. The fraction of sp³-hybridized carbons (Fsp3) is 0.588. The Morgan fingerprint density at radius 3 is 2.72 bits per heavy atom. The first-order valence-corrected chi connectivity index (χ1v) is 8.32. The Bertz CT molecular complexity index is 619. The van der Waals surface area contributed by atoms with Gasteiger partial charge >= 0.3 is 6.36 Å². The highest BCUT2D eigenvalue weighted by Gasteiger charge is 2.39. The maximum atomic E-state index is 12.3. The lowest BCUT2D eigenvalue weighted by Gasteiger charge is -2.17. The number of aliphatic hydroxyl groups is 1. The summed E-state index contributed by atoms with van der Waals surface area (Å²) in [6, 6.07) is 6.09. The molecule has 1 aliphatic carbocycles. The van der Waals surface area contributed by atoms with Crippen LogP contribution in [-0.2, 0) is 11.3 Å². The van der Waals surface area contributed by atoms with E-state index in [0.717, 1.165) is 12.8 Å². The predicted octanol–water partition coefficient (Wildman–Crippen LogP) is 1.90. The smallest absolute Gasteiger partial charge is 0.406 e. The quantitative estimate of drug-likeness (QED) is 0.816. The zero-order valence-electron chi connectivity index (χ0n) is 13.6. The molecule has 0 bridgehead atoms. The van der Waals surface area contributed by atoms with Gasteiger partial charge in [-0.3, -0.25) is 9.69 Å². The van der Waals surface area contributed by atoms with Gasteiger partial charge in [-0.15, -0.1) is 13.2 Å². The van der Waals surface area contributed by atoms with Gasteiger partial charge in [-0.2, -0.15) is 0 Å². The zero-order chi connectivity index (χ0) is 18.0. The number of carbonyl (C=O) groups is 1. The molecule has 2 fully saturated rings. The van der Waals surface area contributed by atoms with E-state index in [9.17, 15) is 23.1 Å².